The van der Waals surface area contributed by atoms with Gasteiger partial charge in [0.2, 0.25) is 11.6 Å². The summed E-state index contributed by atoms with van der Waals surface area (Å²) in [5.41, 5.74) is 2.03. The van der Waals surface area contributed by atoms with Gasteiger partial charge in [-0.3, -0.25) is 15.0 Å². The molecule has 5 rings (SSSR count). The number of benzene rings is 1. The van der Waals surface area contributed by atoms with E-state index in [2.05, 4.69) is 64.7 Å². The first-order valence-corrected chi connectivity index (χ1v) is 15.1. The Morgan fingerprint density at radius 2 is 2.03 bits per heavy atom. The van der Waals surface area contributed by atoms with E-state index in [-0.39, 0.29) is 24.0 Å². The number of quaternary nitrogens is 2. The number of aromatic amines is 1. The molecule has 206 valence electrons. The van der Waals surface area contributed by atoms with Crippen LogP contribution in [0.3, 0.4) is 0 Å². The number of methoxy groups -OCH3 is 1. The highest BCUT2D eigenvalue weighted by molar-refractivity contribution is 7.14. The van der Waals surface area contributed by atoms with Gasteiger partial charge in [0.25, 0.3) is 0 Å². The maximum Gasteiger partial charge on any atom is 0.425 e. The van der Waals surface area contributed by atoms with Gasteiger partial charge < -0.3 is 15.0 Å². The predicted molar refractivity (Wildman–Crippen MR) is 146 cm³/mol. The minimum atomic E-state index is -0.407. The SMILES string of the molecule is CCC(CC)[C@@H]1C[C@H](c2ccccc2)CCN1C(=O)[C@@H]1C[NH2+]C[C@]12CN(C(=O)OC)Cc1[nH+]c([NH2+]C)sc12. The summed E-state index contributed by atoms with van der Waals surface area (Å²) in [6.45, 7) is 7.90. The van der Waals surface area contributed by atoms with Crippen LogP contribution in [0.1, 0.15) is 61.6 Å². The number of ether oxygens (including phenoxy) is 1. The highest BCUT2D eigenvalue weighted by Crippen LogP contribution is 2.45. The summed E-state index contributed by atoms with van der Waals surface area (Å²) < 4.78 is 5.15. The Kier molecular flexibility index (Phi) is 8.07. The molecule has 2 amide bonds. The molecule has 5 N–H and O–H groups in total. The number of carbonyl (C=O) groups is 2. The molecule has 1 aromatic heterocycles. The molecule has 9 heteroatoms. The highest BCUT2D eigenvalue weighted by atomic mass is 32.1. The fourth-order valence-electron chi connectivity index (χ4n) is 7.38. The number of nitrogens with one attached hydrogen (secondary N) is 1. The van der Waals surface area contributed by atoms with Gasteiger partial charge >= 0.3 is 11.2 Å². The number of amides is 2. The molecule has 1 aromatic carbocycles. The van der Waals surface area contributed by atoms with Gasteiger partial charge in [-0.1, -0.05) is 57.0 Å². The minimum absolute atomic E-state index is 0.171. The second kappa shape index (κ2) is 11.3. The molecule has 4 atom stereocenters. The van der Waals surface area contributed by atoms with E-state index < -0.39 is 5.41 Å². The Balaban J connectivity index is 1.48. The lowest BCUT2D eigenvalue weighted by Gasteiger charge is -2.46. The lowest BCUT2D eigenvalue weighted by Crippen LogP contribution is -2.83. The second-order valence-corrected chi connectivity index (χ2v) is 12.3. The first-order chi connectivity index (χ1) is 18.4. The van der Waals surface area contributed by atoms with Crippen molar-refractivity contribution in [3.8, 4) is 0 Å². The van der Waals surface area contributed by atoms with Crippen molar-refractivity contribution in [3.05, 3.63) is 46.5 Å². The van der Waals surface area contributed by atoms with Crippen LogP contribution < -0.4 is 15.6 Å². The molecule has 2 saturated heterocycles. The number of piperidine rings is 1. The van der Waals surface area contributed by atoms with Gasteiger partial charge in [0.05, 0.1) is 32.7 Å². The van der Waals surface area contributed by atoms with E-state index in [9.17, 15) is 9.59 Å². The van der Waals surface area contributed by atoms with Crippen molar-refractivity contribution in [3.63, 3.8) is 0 Å². The van der Waals surface area contributed by atoms with Crippen molar-refractivity contribution in [2.75, 3.05) is 40.3 Å². The summed E-state index contributed by atoms with van der Waals surface area (Å²) in [6, 6.07) is 11.1. The third-order valence-corrected chi connectivity index (χ3v) is 10.8. The van der Waals surface area contributed by atoms with E-state index in [1.807, 2.05) is 7.05 Å². The molecule has 8 nitrogen and oxygen atoms in total. The number of hydrogen-bond acceptors (Lipinski definition) is 4. The highest BCUT2D eigenvalue weighted by Gasteiger charge is 2.60. The molecule has 2 fully saturated rings. The smallest absolute Gasteiger partial charge is 0.425 e. The number of likely N-dealkylation sites (tertiary alicyclic amines) is 1. The number of nitrogens with zero attached hydrogens (tertiary/aromatic N) is 2. The van der Waals surface area contributed by atoms with Crippen molar-refractivity contribution >= 4 is 28.5 Å². The summed E-state index contributed by atoms with van der Waals surface area (Å²) in [6.07, 6.45) is 3.84. The number of nitrogens with two attached hydrogens (primary N) is 2. The van der Waals surface area contributed by atoms with Gasteiger partial charge in [-0.15, -0.1) is 4.98 Å². The number of fused-ring (bicyclic) bond motifs is 2. The molecule has 38 heavy (non-hydrogen) atoms. The van der Waals surface area contributed by atoms with Crippen LogP contribution in [0.25, 0.3) is 0 Å². The zero-order chi connectivity index (χ0) is 26.9. The quantitative estimate of drug-likeness (QED) is 0.581. The van der Waals surface area contributed by atoms with Crippen LogP contribution in [0.4, 0.5) is 9.93 Å². The molecule has 2 aromatic rings. The average molecular weight is 543 g/mol. The minimum Gasteiger partial charge on any atom is -0.453 e. The molecule has 0 aliphatic carbocycles. The Labute approximate surface area is 230 Å². The number of aromatic nitrogens is 1. The van der Waals surface area contributed by atoms with Crippen LogP contribution >= 0.6 is 11.3 Å². The zero-order valence-electron chi connectivity index (χ0n) is 23.2. The van der Waals surface area contributed by atoms with Gasteiger partial charge in [-0.25, -0.2) is 4.79 Å². The molecule has 0 radical (unpaired) electrons. The monoisotopic (exact) mass is 542 g/mol. The average Bonchev–Trinajstić information content (AvgIpc) is 3.58. The standard InChI is InChI=1S/C29H41N5O3S/c1-5-19(6-2)24-14-21(20-10-8-7-9-11-20)12-13-34(24)26(35)22-15-31-17-29(22)18-33(28(36)37-4)16-23-25(29)38-27(30-3)32-23/h7-11,19,21-22,24,31H,5-6,12-18H2,1-4H3,(H,30,32)/p+3/t21-,22+,24+,29+/m1/s1. The van der Waals surface area contributed by atoms with Crippen LogP contribution in [0.5, 0.6) is 0 Å². The summed E-state index contributed by atoms with van der Waals surface area (Å²) in [7, 11) is 3.46. The van der Waals surface area contributed by atoms with Crippen LogP contribution in [0.15, 0.2) is 30.3 Å². The molecule has 0 unspecified atom stereocenters. The van der Waals surface area contributed by atoms with E-state index in [0.717, 1.165) is 56.1 Å². The first kappa shape index (κ1) is 27.1. The third kappa shape index (κ3) is 4.73. The van der Waals surface area contributed by atoms with Gasteiger partial charge in [0.1, 0.15) is 17.3 Å². The topological polar surface area (TPSA) is 97.2 Å². The lowest BCUT2D eigenvalue weighted by atomic mass is 9.72. The maximum absolute atomic E-state index is 14.7. The summed E-state index contributed by atoms with van der Waals surface area (Å²) in [4.78, 5) is 36.2. The molecule has 0 saturated carbocycles. The molecule has 4 heterocycles. The number of H-pyrrole nitrogens is 1. The molecule has 3 aliphatic heterocycles. The van der Waals surface area contributed by atoms with Crippen molar-refractivity contribution in [1.82, 2.24) is 9.80 Å². The van der Waals surface area contributed by atoms with Crippen molar-refractivity contribution < 1.29 is 29.9 Å². The Morgan fingerprint density at radius 3 is 2.71 bits per heavy atom. The fraction of sp³-hybridized carbons (Fsp3) is 0.621. The van der Waals surface area contributed by atoms with Crippen molar-refractivity contribution in [1.29, 1.82) is 0 Å². The summed E-state index contributed by atoms with van der Waals surface area (Å²) in [5, 5.41) is 5.44. The number of rotatable bonds is 6. The van der Waals surface area contributed by atoms with E-state index in [1.54, 1.807) is 16.2 Å². The molecular weight excluding hydrogens is 498 g/mol. The largest absolute Gasteiger partial charge is 0.453 e. The molecule has 1 spiro atoms. The third-order valence-electron chi connectivity index (χ3n) is 9.40. The van der Waals surface area contributed by atoms with Gasteiger partial charge in [0, 0.05) is 19.1 Å². The number of thiazole rings is 1. The van der Waals surface area contributed by atoms with Gasteiger partial charge in [0.15, 0.2) is 0 Å². The Hall–Kier alpha value is -2.49. The van der Waals surface area contributed by atoms with Crippen LogP contribution in [0, 0.1) is 11.8 Å². The molecule has 0 bridgehead atoms. The van der Waals surface area contributed by atoms with Crippen LogP contribution in [-0.4, -0.2) is 68.2 Å². The zero-order valence-corrected chi connectivity index (χ0v) is 24.1. The number of carbonyl (C=O) groups excluding carboxylic acids is 2. The maximum atomic E-state index is 14.7. The van der Waals surface area contributed by atoms with E-state index in [4.69, 9.17) is 4.74 Å². The number of hydrogen-bond donors (Lipinski definition) is 2. The summed E-state index contributed by atoms with van der Waals surface area (Å²) in [5.74, 6) is 1.07. The first-order valence-electron chi connectivity index (χ1n) is 14.3. The lowest BCUT2D eigenvalue weighted by molar-refractivity contribution is -0.640. The second-order valence-electron chi connectivity index (χ2n) is 11.3. The van der Waals surface area contributed by atoms with E-state index >= 15 is 0 Å². The van der Waals surface area contributed by atoms with Crippen LogP contribution in [0.2, 0.25) is 0 Å². The van der Waals surface area contributed by atoms with Gasteiger partial charge in [-0.05, 0) is 41.6 Å². The van der Waals surface area contributed by atoms with Crippen LogP contribution in [-0.2, 0) is 21.5 Å². The van der Waals surface area contributed by atoms with E-state index in [0.29, 0.717) is 24.9 Å². The fourth-order valence-corrected chi connectivity index (χ4v) is 8.63. The predicted octanol–water partition coefficient (Wildman–Crippen LogP) is 1.61. The summed E-state index contributed by atoms with van der Waals surface area (Å²) >= 11 is 1.75. The van der Waals surface area contributed by atoms with Gasteiger partial charge in [-0.2, -0.15) is 0 Å². The normalized spacial score (nSPS) is 27.1. The van der Waals surface area contributed by atoms with Crippen molar-refractivity contribution in [2.24, 2.45) is 11.8 Å². The Morgan fingerprint density at radius 1 is 1.26 bits per heavy atom. The van der Waals surface area contributed by atoms with E-state index in [1.165, 1.54) is 17.6 Å². The Bertz CT molecular complexity index is 1140. The molecular formula is C29H44N5O3S+3. The van der Waals surface area contributed by atoms with Crippen molar-refractivity contribution in [2.45, 2.75) is 63.5 Å². The molecule has 3 aliphatic rings.